The zero-order valence-electron chi connectivity index (χ0n) is 19.3. The summed E-state index contributed by atoms with van der Waals surface area (Å²) in [6.07, 6.45) is -6.02. The Kier molecular flexibility index (Phi) is 5.58. The minimum Gasteiger partial charge on any atom is -0.421 e. The number of aryl methyl sites for hydroxylation is 2. The first-order valence-corrected chi connectivity index (χ1v) is 11.6. The quantitative estimate of drug-likeness (QED) is 0.338. The normalized spacial score (nSPS) is 16.4. The van der Waals surface area contributed by atoms with Crippen molar-refractivity contribution < 1.29 is 31.8 Å². The average Bonchev–Trinajstić information content (AvgIpc) is 3.35. The minimum absolute atomic E-state index is 0.275. The molecule has 5 rings (SSSR count). The average molecular weight is 521 g/mol. The molecule has 0 atom stereocenters. The molecule has 0 saturated carbocycles. The van der Waals surface area contributed by atoms with E-state index in [1.54, 1.807) is 20.2 Å². The Morgan fingerprint density at radius 1 is 1.06 bits per heavy atom. The number of fused-ring (bicyclic) bond motifs is 2. The fraction of sp³-hybridized carbons (Fsp3) is 0.250. The van der Waals surface area contributed by atoms with Crippen LogP contribution in [-0.2, 0) is 13.6 Å². The van der Waals surface area contributed by atoms with Crippen molar-refractivity contribution in [2.45, 2.75) is 25.7 Å². The van der Waals surface area contributed by atoms with Crippen LogP contribution in [0.15, 0.2) is 59.9 Å². The van der Waals surface area contributed by atoms with E-state index in [-0.39, 0.29) is 10.5 Å². The molecule has 4 aromatic rings. The van der Waals surface area contributed by atoms with Crippen molar-refractivity contribution in [2.75, 3.05) is 7.05 Å². The van der Waals surface area contributed by atoms with Gasteiger partial charge in [0, 0.05) is 49.5 Å². The largest absolute Gasteiger partial charge is 0.507 e. The molecular weight excluding hydrogens is 500 g/mol. The molecule has 3 heterocycles. The number of ether oxygens (including phenoxy) is 2. The van der Waals surface area contributed by atoms with Crippen LogP contribution >= 0.6 is 11.3 Å². The van der Waals surface area contributed by atoms with E-state index in [9.17, 15) is 22.4 Å². The summed E-state index contributed by atoms with van der Waals surface area (Å²) in [5.41, 5.74) is 2.29. The molecule has 2 amide bonds. The second kappa shape index (κ2) is 8.40. The monoisotopic (exact) mass is 520 g/mol. The Labute approximate surface area is 206 Å². The summed E-state index contributed by atoms with van der Waals surface area (Å²) in [4.78, 5) is 19.6. The molecule has 0 bridgehead atoms. The van der Waals surface area contributed by atoms with Crippen LogP contribution < -0.4 is 14.3 Å². The number of nitrogens with zero attached hydrogens (tertiary/aromatic N) is 4. The fourth-order valence-electron chi connectivity index (χ4n) is 3.86. The molecule has 1 aliphatic heterocycles. The molecule has 0 spiro atoms. The molecule has 2 aromatic carbocycles. The number of amides is 2. The van der Waals surface area contributed by atoms with Gasteiger partial charge in [-0.1, -0.05) is 6.07 Å². The van der Waals surface area contributed by atoms with Gasteiger partial charge in [0.1, 0.15) is 0 Å². The van der Waals surface area contributed by atoms with E-state index < -0.39 is 29.7 Å². The number of benzene rings is 2. The predicted octanol–water partition coefficient (Wildman–Crippen LogP) is 5.45. The third-order valence-corrected chi connectivity index (χ3v) is 6.57. The van der Waals surface area contributed by atoms with Crippen LogP contribution in [0.3, 0.4) is 0 Å². The zero-order chi connectivity index (χ0) is 25.8. The zero-order valence-corrected chi connectivity index (χ0v) is 20.2. The first-order chi connectivity index (χ1) is 16.9. The maximum atomic E-state index is 13.6. The number of hydrogen-bond donors (Lipinski definition) is 0. The fourth-order valence-corrected chi connectivity index (χ4v) is 4.69. The second-order valence-corrected chi connectivity index (χ2v) is 9.65. The number of carbonyl (C=O) groups excluding carboxylic acids is 1. The molecule has 0 unspecified atom stereocenters. The first kappa shape index (κ1) is 23.9. The van der Waals surface area contributed by atoms with Crippen molar-refractivity contribution >= 4 is 28.3 Å². The molecule has 0 radical (unpaired) electrons. The van der Waals surface area contributed by atoms with Crippen LogP contribution in [0.2, 0.25) is 0 Å². The maximum absolute atomic E-state index is 13.6. The van der Waals surface area contributed by atoms with Gasteiger partial charge in [-0.25, -0.2) is 4.79 Å². The summed E-state index contributed by atoms with van der Waals surface area (Å²) in [7, 11) is 3.58. The van der Waals surface area contributed by atoms with Crippen molar-refractivity contribution in [3.63, 3.8) is 0 Å². The van der Waals surface area contributed by atoms with E-state index in [2.05, 4.69) is 14.5 Å². The highest BCUT2D eigenvalue weighted by molar-refractivity contribution is 7.09. The second-order valence-electron chi connectivity index (χ2n) is 8.43. The standard InChI is InChI=1S/C24H20F4N4O3S/c1-14-12-32(17-5-7-19-20(11-17)35-24(27,28)23(25,26)34-19)22(36-14)29-21(33)31(3)13-15-4-6-18-16(10-15)8-9-30(18)2/h4-12H,13H2,1-3H3/b29-22-. The predicted molar refractivity (Wildman–Crippen MR) is 125 cm³/mol. The Hall–Kier alpha value is -3.80. The molecule has 1 aliphatic rings. The van der Waals surface area contributed by atoms with Gasteiger partial charge < -0.3 is 18.9 Å². The van der Waals surface area contributed by atoms with Crippen LogP contribution in [-0.4, -0.2) is 39.3 Å². The number of rotatable bonds is 3. The van der Waals surface area contributed by atoms with Crippen molar-refractivity contribution in [3.8, 4) is 17.2 Å². The summed E-state index contributed by atoms with van der Waals surface area (Å²) >= 11 is 1.21. The van der Waals surface area contributed by atoms with Crippen LogP contribution in [0, 0.1) is 6.92 Å². The number of alkyl halides is 4. The third-order valence-electron chi connectivity index (χ3n) is 5.68. The molecule has 0 fully saturated rings. The van der Waals surface area contributed by atoms with Gasteiger partial charge in [-0.3, -0.25) is 4.57 Å². The van der Waals surface area contributed by atoms with E-state index in [4.69, 9.17) is 0 Å². The lowest BCUT2D eigenvalue weighted by molar-refractivity contribution is -0.391. The lowest BCUT2D eigenvalue weighted by Crippen LogP contribution is -2.52. The van der Waals surface area contributed by atoms with Gasteiger partial charge in [-0.15, -0.1) is 11.3 Å². The Bertz CT molecular complexity index is 1560. The van der Waals surface area contributed by atoms with Crippen LogP contribution in [0.5, 0.6) is 11.5 Å². The number of urea groups is 1. The van der Waals surface area contributed by atoms with Crippen LogP contribution in [0.4, 0.5) is 22.4 Å². The van der Waals surface area contributed by atoms with E-state index in [1.165, 1.54) is 26.9 Å². The molecular formula is C24H20F4N4O3S. The van der Waals surface area contributed by atoms with Crippen molar-refractivity contribution in [1.29, 1.82) is 0 Å². The highest BCUT2D eigenvalue weighted by atomic mass is 32.1. The van der Waals surface area contributed by atoms with Gasteiger partial charge in [0.05, 0.1) is 5.69 Å². The van der Waals surface area contributed by atoms with Crippen molar-refractivity contribution in [3.05, 3.63) is 70.1 Å². The van der Waals surface area contributed by atoms with E-state index >= 15 is 0 Å². The highest BCUT2D eigenvalue weighted by Crippen LogP contribution is 2.47. The van der Waals surface area contributed by atoms with E-state index in [1.807, 2.05) is 42.1 Å². The summed E-state index contributed by atoms with van der Waals surface area (Å²) in [5, 5.41) is 1.06. The summed E-state index contributed by atoms with van der Waals surface area (Å²) in [6, 6.07) is 11.0. The van der Waals surface area contributed by atoms with Gasteiger partial charge in [0.2, 0.25) is 0 Å². The molecule has 2 aromatic heterocycles. The molecule has 36 heavy (non-hydrogen) atoms. The molecule has 7 nitrogen and oxygen atoms in total. The SMILES string of the molecule is Cc1cn(-c2ccc3c(c2)OC(F)(F)C(F)(F)O3)/c(=N/C(=O)N(C)Cc2ccc3c(ccn3C)c2)s1. The number of halogens is 4. The number of hydrogen-bond acceptors (Lipinski definition) is 4. The first-order valence-electron chi connectivity index (χ1n) is 10.7. The summed E-state index contributed by atoms with van der Waals surface area (Å²) in [5.74, 6) is -1.07. The number of aromatic nitrogens is 2. The van der Waals surface area contributed by atoms with Crippen molar-refractivity contribution in [1.82, 2.24) is 14.0 Å². The number of carbonyl (C=O) groups is 1. The lowest BCUT2D eigenvalue weighted by atomic mass is 10.1. The van der Waals surface area contributed by atoms with Gasteiger partial charge in [0.15, 0.2) is 16.3 Å². The Morgan fingerprint density at radius 3 is 2.53 bits per heavy atom. The van der Waals surface area contributed by atoms with Crippen molar-refractivity contribution in [2.24, 2.45) is 12.0 Å². The van der Waals surface area contributed by atoms with Gasteiger partial charge >= 0.3 is 18.2 Å². The van der Waals surface area contributed by atoms with E-state index in [0.717, 1.165) is 33.5 Å². The van der Waals surface area contributed by atoms with Gasteiger partial charge in [0.25, 0.3) is 0 Å². The molecule has 12 heteroatoms. The molecule has 188 valence electrons. The lowest BCUT2D eigenvalue weighted by Gasteiger charge is -2.31. The Balaban J connectivity index is 1.42. The highest BCUT2D eigenvalue weighted by Gasteiger charge is 2.65. The van der Waals surface area contributed by atoms with Crippen LogP contribution in [0.1, 0.15) is 10.4 Å². The molecule has 0 aliphatic carbocycles. The molecule has 0 saturated heterocycles. The summed E-state index contributed by atoms with van der Waals surface area (Å²) < 4.78 is 66.0. The summed E-state index contributed by atoms with van der Waals surface area (Å²) in [6.45, 7) is 2.11. The van der Waals surface area contributed by atoms with Gasteiger partial charge in [-0.2, -0.15) is 22.6 Å². The minimum atomic E-state index is -4.83. The molecule has 0 N–H and O–H groups in total. The van der Waals surface area contributed by atoms with Gasteiger partial charge in [-0.05, 0) is 48.2 Å². The maximum Gasteiger partial charge on any atom is 0.507 e. The van der Waals surface area contributed by atoms with Crippen LogP contribution in [0.25, 0.3) is 16.6 Å². The Morgan fingerprint density at radius 2 is 1.78 bits per heavy atom. The van der Waals surface area contributed by atoms with E-state index in [0.29, 0.717) is 6.54 Å². The third kappa shape index (κ3) is 4.21. The topological polar surface area (TPSA) is 61.0 Å². The smallest absolute Gasteiger partial charge is 0.421 e. The number of thiazole rings is 1.